The summed E-state index contributed by atoms with van der Waals surface area (Å²) in [5, 5.41) is 14.5. The van der Waals surface area contributed by atoms with Gasteiger partial charge in [0.2, 0.25) is 5.91 Å². The van der Waals surface area contributed by atoms with E-state index in [-0.39, 0.29) is 5.91 Å². The van der Waals surface area contributed by atoms with Crippen molar-refractivity contribution < 1.29 is 4.79 Å². The minimum Gasteiger partial charge on any atom is -0.345 e. The summed E-state index contributed by atoms with van der Waals surface area (Å²) in [4.78, 5) is 11.4. The summed E-state index contributed by atoms with van der Waals surface area (Å²) in [5.41, 5.74) is 0. The lowest BCUT2D eigenvalue weighted by atomic mass is 9.95. The SMILES string of the molecule is C/C=C\C(=O)NCc1nnnn1C1CCCCC1. The van der Waals surface area contributed by atoms with E-state index in [9.17, 15) is 4.79 Å². The summed E-state index contributed by atoms with van der Waals surface area (Å²) < 4.78 is 1.87. The number of hydrogen-bond donors (Lipinski definition) is 1. The third-order valence-corrected chi connectivity index (χ3v) is 3.22. The second-order valence-electron chi connectivity index (χ2n) is 4.55. The first-order valence-electron chi connectivity index (χ1n) is 6.48. The maximum Gasteiger partial charge on any atom is 0.244 e. The van der Waals surface area contributed by atoms with E-state index in [1.54, 1.807) is 6.08 Å². The fraction of sp³-hybridized carbons (Fsp3) is 0.667. The van der Waals surface area contributed by atoms with Gasteiger partial charge in [0, 0.05) is 0 Å². The van der Waals surface area contributed by atoms with E-state index in [4.69, 9.17) is 0 Å². The van der Waals surface area contributed by atoms with Crippen molar-refractivity contribution in [2.24, 2.45) is 0 Å². The summed E-state index contributed by atoms with van der Waals surface area (Å²) in [5.74, 6) is 0.621. The molecule has 6 heteroatoms. The molecule has 1 aromatic heterocycles. The number of hydrogen-bond acceptors (Lipinski definition) is 4. The molecule has 6 nitrogen and oxygen atoms in total. The van der Waals surface area contributed by atoms with Gasteiger partial charge >= 0.3 is 0 Å². The average molecular weight is 249 g/mol. The molecule has 0 atom stereocenters. The van der Waals surface area contributed by atoms with Crippen LogP contribution in [0.3, 0.4) is 0 Å². The molecule has 1 N–H and O–H groups in total. The molecule has 0 aromatic carbocycles. The number of nitrogens with zero attached hydrogens (tertiary/aromatic N) is 4. The van der Waals surface area contributed by atoms with E-state index in [1.807, 2.05) is 11.6 Å². The maximum atomic E-state index is 11.4. The van der Waals surface area contributed by atoms with Crippen LogP contribution in [-0.2, 0) is 11.3 Å². The van der Waals surface area contributed by atoms with Crippen molar-refractivity contribution in [3.63, 3.8) is 0 Å². The highest BCUT2D eigenvalue weighted by Crippen LogP contribution is 2.27. The highest BCUT2D eigenvalue weighted by atomic mass is 16.1. The summed E-state index contributed by atoms with van der Waals surface area (Å²) in [6.45, 7) is 2.19. The Kier molecular flexibility index (Phi) is 4.44. The Balaban J connectivity index is 1.96. The van der Waals surface area contributed by atoms with Gasteiger partial charge in [-0.2, -0.15) is 0 Å². The molecule has 1 amide bonds. The number of rotatable bonds is 4. The molecule has 1 fully saturated rings. The largest absolute Gasteiger partial charge is 0.345 e. The van der Waals surface area contributed by atoms with Crippen LogP contribution in [0.15, 0.2) is 12.2 Å². The van der Waals surface area contributed by atoms with Crippen LogP contribution in [-0.4, -0.2) is 26.1 Å². The second kappa shape index (κ2) is 6.28. The van der Waals surface area contributed by atoms with Crippen LogP contribution in [0.1, 0.15) is 50.9 Å². The van der Waals surface area contributed by atoms with E-state index in [0.29, 0.717) is 12.6 Å². The van der Waals surface area contributed by atoms with E-state index >= 15 is 0 Å². The van der Waals surface area contributed by atoms with Crippen LogP contribution in [0.5, 0.6) is 0 Å². The topological polar surface area (TPSA) is 72.7 Å². The van der Waals surface area contributed by atoms with Crippen LogP contribution < -0.4 is 5.32 Å². The molecule has 98 valence electrons. The maximum absolute atomic E-state index is 11.4. The van der Waals surface area contributed by atoms with Gasteiger partial charge in [-0.05, 0) is 36.3 Å². The number of nitrogens with one attached hydrogen (secondary N) is 1. The number of carbonyl (C=O) groups is 1. The van der Waals surface area contributed by atoms with E-state index in [2.05, 4.69) is 20.8 Å². The van der Waals surface area contributed by atoms with Crippen molar-refractivity contribution in [2.75, 3.05) is 0 Å². The number of aromatic nitrogens is 4. The molecule has 1 aliphatic carbocycles. The lowest BCUT2D eigenvalue weighted by Crippen LogP contribution is -2.25. The minimum absolute atomic E-state index is 0.115. The standard InChI is InChI=1S/C12H19N5O/c1-2-6-12(18)13-9-11-14-15-16-17(11)10-7-4-3-5-8-10/h2,6,10H,3-5,7-9H2,1H3,(H,13,18)/b6-2-. The Morgan fingerprint density at radius 1 is 1.44 bits per heavy atom. The number of allylic oxidation sites excluding steroid dienone is 1. The zero-order chi connectivity index (χ0) is 12.8. The quantitative estimate of drug-likeness (QED) is 0.818. The van der Waals surface area contributed by atoms with Crippen LogP contribution in [0.4, 0.5) is 0 Å². The zero-order valence-electron chi connectivity index (χ0n) is 10.7. The summed E-state index contributed by atoms with van der Waals surface area (Å²) in [7, 11) is 0. The predicted octanol–water partition coefficient (Wildman–Crippen LogP) is 1.37. The van der Waals surface area contributed by atoms with Crippen LogP contribution in [0, 0.1) is 0 Å². The van der Waals surface area contributed by atoms with Gasteiger partial charge in [0.1, 0.15) is 0 Å². The Hall–Kier alpha value is -1.72. The van der Waals surface area contributed by atoms with Crippen molar-refractivity contribution in [1.82, 2.24) is 25.5 Å². The minimum atomic E-state index is -0.115. The van der Waals surface area contributed by atoms with Crippen LogP contribution in [0.2, 0.25) is 0 Å². The molecular weight excluding hydrogens is 230 g/mol. The normalized spacial score (nSPS) is 17.2. The summed E-state index contributed by atoms with van der Waals surface area (Å²) in [6, 6.07) is 0.391. The second-order valence-corrected chi connectivity index (χ2v) is 4.55. The van der Waals surface area contributed by atoms with Crippen molar-refractivity contribution in [3.05, 3.63) is 18.0 Å². The Morgan fingerprint density at radius 2 is 2.22 bits per heavy atom. The van der Waals surface area contributed by atoms with Gasteiger partial charge in [-0.1, -0.05) is 25.3 Å². The van der Waals surface area contributed by atoms with Crippen molar-refractivity contribution in [1.29, 1.82) is 0 Å². The molecule has 2 rings (SSSR count). The molecule has 1 heterocycles. The molecule has 0 aliphatic heterocycles. The van der Waals surface area contributed by atoms with Gasteiger partial charge in [-0.3, -0.25) is 4.79 Å². The Bertz CT molecular complexity index is 420. The molecule has 0 bridgehead atoms. The van der Waals surface area contributed by atoms with Crippen molar-refractivity contribution in [3.8, 4) is 0 Å². The third kappa shape index (κ3) is 3.15. The lowest BCUT2D eigenvalue weighted by molar-refractivity contribution is -0.116. The molecule has 0 unspecified atom stereocenters. The number of tetrazole rings is 1. The van der Waals surface area contributed by atoms with Gasteiger partial charge in [0.05, 0.1) is 12.6 Å². The number of amides is 1. The smallest absolute Gasteiger partial charge is 0.244 e. The monoisotopic (exact) mass is 249 g/mol. The van der Waals surface area contributed by atoms with E-state index < -0.39 is 0 Å². The summed E-state index contributed by atoms with van der Waals surface area (Å²) >= 11 is 0. The fourth-order valence-electron chi connectivity index (χ4n) is 2.31. The first-order valence-corrected chi connectivity index (χ1v) is 6.48. The molecule has 0 radical (unpaired) electrons. The van der Waals surface area contributed by atoms with Crippen molar-refractivity contribution in [2.45, 2.75) is 51.6 Å². The third-order valence-electron chi connectivity index (χ3n) is 3.22. The molecule has 1 saturated carbocycles. The fourth-order valence-corrected chi connectivity index (χ4v) is 2.31. The number of carbonyl (C=O) groups excluding carboxylic acids is 1. The van der Waals surface area contributed by atoms with Crippen molar-refractivity contribution >= 4 is 5.91 Å². The molecule has 0 saturated heterocycles. The molecule has 18 heavy (non-hydrogen) atoms. The first-order chi connectivity index (χ1) is 8.81. The zero-order valence-corrected chi connectivity index (χ0v) is 10.7. The van der Waals surface area contributed by atoms with Crippen LogP contribution in [0.25, 0.3) is 0 Å². The Morgan fingerprint density at radius 3 is 2.94 bits per heavy atom. The first kappa shape index (κ1) is 12.7. The van der Waals surface area contributed by atoms with Gasteiger partial charge in [-0.25, -0.2) is 4.68 Å². The molecule has 1 aliphatic rings. The van der Waals surface area contributed by atoms with Crippen LogP contribution >= 0.6 is 0 Å². The Labute approximate surface area is 106 Å². The molecular formula is C12H19N5O. The molecule has 0 spiro atoms. The lowest BCUT2D eigenvalue weighted by Gasteiger charge is -2.22. The highest BCUT2D eigenvalue weighted by Gasteiger charge is 2.19. The van der Waals surface area contributed by atoms with Gasteiger partial charge in [-0.15, -0.1) is 5.10 Å². The average Bonchev–Trinajstić information content (AvgIpc) is 2.86. The molecule has 1 aromatic rings. The van der Waals surface area contributed by atoms with Gasteiger partial charge < -0.3 is 5.32 Å². The van der Waals surface area contributed by atoms with E-state index in [1.165, 1.54) is 25.3 Å². The predicted molar refractivity (Wildman–Crippen MR) is 66.6 cm³/mol. The summed E-state index contributed by atoms with van der Waals surface area (Å²) in [6.07, 6.45) is 9.21. The van der Waals surface area contributed by atoms with Gasteiger partial charge in [0.25, 0.3) is 0 Å². The van der Waals surface area contributed by atoms with Gasteiger partial charge in [0.15, 0.2) is 5.82 Å². The highest BCUT2D eigenvalue weighted by molar-refractivity contribution is 5.87. The van der Waals surface area contributed by atoms with E-state index in [0.717, 1.165) is 18.7 Å².